The van der Waals surface area contributed by atoms with Gasteiger partial charge < -0.3 is 20.3 Å². The summed E-state index contributed by atoms with van der Waals surface area (Å²) in [6.07, 6.45) is 0.721. The smallest absolute Gasteiger partial charge is 0.322 e. The molecule has 0 saturated heterocycles. The monoisotopic (exact) mass is 364 g/mol. The van der Waals surface area contributed by atoms with Gasteiger partial charge in [0.1, 0.15) is 6.54 Å². The van der Waals surface area contributed by atoms with Crippen molar-refractivity contribution in [3.05, 3.63) is 0 Å². The van der Waals surface area contributed by atoms with Crippen molar-refractivity contribution >= 4 is 28.9 Å². The summed E-state index contributed by atoms with van der Waals surface area (Å²) in [6, 6.07) is 0. The Kier molecular flexibility index (Phi) is 8.56. The summed E-state index contributed by atoms with van der Waals surface area (Å²) >= 11 is -2.03. The molecule has 0 spiro atoms. The summed E-state index contributed by atoms with van der Waals surface area (Å²) in [5, 5.41) is 13.7. The maximum atomic E-state index is 12.4. The Morgan fingerprint density at radius 1 is 1.17 bits per heavy atom. The zero-order valence-corrected chi connectivity index (χ0v) is 15.7. The van der Waals surface area contributed by atoms with Gasteiger partial charge in [-0.2, -0.15) is 0 Å². The summed E-state index contributed by atoms with van der Waals surface area (Å²) in [5.74, 6) is -2.44. The van der Waals surface area contributed by atoms with E-state index in [1.807, 2.05) is 6.92 Å². The molecular formula is C15H28N2O6S. The van der Waals surface area contributed by atoms with Crippen LogP contribution in [-0.4, -0.2) is 49.5 Å². The number of carbonyl (C=O) groups is 3. The van der Waals surface area contributed by atoms with Crippen molar-refractivity contribution in [2.24, 2.45) is 11.3 Å². The van der Waals surface area contributed by atoms with E-state index in [9.17, 15) is 18.6 Å². The lowest BCUT2D eigenvalue weighted by Gasteiger charge is -2.31. The predicted octanol–water partition coefficient (Wildman–Crippen LogP) is 0.746. The first kappa shape index (κ1) is 22.5. The molecule has 0 aliphatic carbocycles. The second kappa shape index (κ2) is 9.12. The lowest BCUT2D eigenvalue weighted by Crippen LogP contribution is -2.50. The zero-order chi connectivity index (χ0) is 19.1. The van der Waals surface area contributed by atoms with Crippen molar-refractivity contribution in [1.82, 2.24) is 10.6 Å². The first-order valence-corrected chi connectivity index (χ1v) is 8.98. The molecule has 0 aromatic heterocycles. The number of carboxylic acid groups (broad SMARTS) is 1. The lowest BCUT2D eigenvalue weighted by molar-refractivity contribution is -0.140. The van der Waals surface area contributed by atoms with Gasteiger partial charge in [0.25, 0.3) is 0 Å². The summed E-state index contributed by atoms with van der Waals surface area (Å²) in [6.45, 7) is 7.93. The van der Waals surface area contributed by atoms with Gasteiger partial charge in [-0.25, -0.2) is 4.21 Å². The van der Waals surface area contributed by atoms with Crippen molar-refractivity contribution in [3.63, 3.8) is 0 Å². The first-order valence-electron chi connectivity index (χ1n) is 7.70. The number of carbonyl (C=O) groups excluding carboxylic acids is 2. The molecule has 0 aromatic carbocycles. The molecule has 0 radical (unpaired) electrons. The van der Waals surface area contributed by atoms with E-state index in [1.165, 1.54) is 0 Å². The maximum absolute atomic E-state index is 12.4. The van der Waals surface area contributed by atoms with Crippen molar-refractivity contribution < 1.29 is 28.3 Å². The van der Waals surface area contributed by atoms with Crippen molar-refractivity contribution in [3.8, 4) is 0 Å². The fraction of sp³-hybridized carbons (Fsp3) is 0.800. The highest BCUT2D eigenvalue weighted by molar-refractivity contribution is 7.79. The fourth-order valence-electron chi connectivity index (χ4n) is 2.31. The molecule has 0 aromatic rings. The van der Waals surface area contributed by atoms with Gasteiger partial charge in [0.15, 0.2) is 11.1 Å². The number of aliphatic carboxylic acids is 1. The third-order valence-electron chi connectivity index (χ3n) is 3.58. The standard InChI is InChI=1S/C15H28N2O6S/c1-6-10(12(20)17-15(4,5)9-24(22)23)7-14(2,3)13(21)16-8-11(18)19/h10H,6-9H2,1-5H3,(H,16,21)(H,17,20)(H,18,19)(H,22,23). The van der Waals surface area contributed by atoms with E-state index in [2.05, 4.69) is 10.6 Å². The molecule has 0 bridgehead atoms. The normalized spacial score (nSPS) is 14.6. The van der Waals surface area contributed by atoms with Gasteiger partial charge in [-0.05, 0) is 26.7 Å². The van der Waals surface area contributed by atoms with Gasteiger partial charge in [0.2, 0.25) is 11.8 Å². The van der Waals surface area contributed by atoms with Gasteiger partial charge in [0, 0.05) is 16.9 Å². The van der Waals surface area contributed by atoms with E-state index < -0.39 is 46.4 Å². The molecule has 2 unspecified atom stereocenters. The SMILES string of the molecule is CCC(CC(C)(C)C(=O)NCC(=O)O)C(=O)NC(C)(C)CS(=O)O. The molecule has 4 N–H and O–H groups in total. The van der Waals surface area contributed by atoms with Crippen LogP contribution in [0.15, 0.2) is 0 Å². The molecule has 2 atom stereocenters. The van der Waals surface area contributed by atoms with Gasteiger partial charge in [-0.1, -0.05) is 20.8 Å². The Morgan fingerprint density at radius 3 is 2.12 bits per heavy atom. The highest BCUT2D eigenvalue weighted by Gasteiger charge is 2.35. The van der Waals surface area contributed by atoms with Gasteiger partial charge in [0.05, 0.1) is 5.75 Å². The predicted molar refractivity (Wildman–Crippen MR) is 90.7 cm³/mol. The van der Waals surface area contributed by atoms with Gasteiger partial charge >= 0.3 is 5.97 Å². The van der Waals surface area contributed by atoms with E-state index in [1.54, 1.807) is 27.7 Å². The second-order valence-corrected chi connectivity index (χ2v) is 8.04. The largest absolute Gasteiger partial charge is 0.480 e. The average Bonchev–Trinajstić information content (AvgIpc) is 2.39. The van der Waals surface area contributed by atoms with Crippen LogP contribution in [0.3, 0.4) is 0 Å². The number of nitrogens with one attached hydrogen (secondary N) is 2. The van der Waals surface area contributed by atoms with Crippen LogP contribution >= 0.6 is 0 Å². The first-order chi connectivity index (χ1) is 10.8. The van der Waals surface area contributed by atoms with Crippen LogP contribution < -0.4 is 10.6 Å². The Morgan fingerprint density at radius 2 is 1.71 bits per heavy atom. The molecule has 0 saturated carbocycles. The third-order valence-corrected chi connectivity index (χ3v) is 4.55. The molecule has 0 heterocycles. The zero-order valence-electron chi connectivity index (χ0n) is 14.8. The lowest BCUT2D eigenvalue weighted by atomic mass is 9.80. The quantitative estimate of drug-likeness (QED) is 0.423. The minimum absolute atomic E-state index is 0.0995. The molecule has 0 aliphatic heterocycles. The molecular weight excluding hydrogens is 336 g/mol. The Balaban J connectivity index is 4.89. The van der Waals surface area contributed by atoms with Crippen LogP contribution in [0, 0.1) is 11.3 Å². The third kappa shape index (κ3) is 8.39. The van der Waals surface area contributed by atoms with E-state index in [4.69, 9.17) is 9.66 Å². The summed E-state index contributed by atoms with van der Waals surface area (Å²) in [5.41, 5.74) is -1.77. The van der Waals surface area contributed by atoms with Crippen LogP contribution in [0.4, 0.5) is 0 Å². The highest BCUT2D eigenvalue weighted by Crippen LogP contribution is 2.28. The molecule has 0 aliphatic rings. The highest BCUT2D eigenvalue weighted by atomic mass is 32.2. The maximum Gasteiger partial charge on any atom is 0.322 e. The van der Waals surface area contributed by atoms with E-state index in [-0.39, 0.29) is 18.1 Å². The summed E-state index contributed by atoms with van der Waals surface area (Å²) in [4.78, 5) is 35.1. The van der Waals surface area contributed by atoms with Gasteiger partial charge in [-0.15, -0.1) is 0 Å². The van der Waals surface area contributed by atoms with Crippen LogP contribution in [0.1, 0.15) is 47.5 Å². The number of carboxylic acids is 1. The van der Waals surface area contributed by atoms with E-state index in [0.29, 0.717) is 6.42 Å². The van der Waals surface area contributed by atoms with Crippen molar-refractivity contribution in [2.45, 2.75) is 53.0 Å². The number of hydrogen-bond donors (Lipinski definition) is 4. The molecule has 8 nitrogen and oxygen atoms in total. The fourth-order valence-corrected chi connectivity index (χ4v) is 3.00. The number of rotatable bonds is 10. The van der Waals surface area contributed by atoms with Crippen LogP contribution in [0.2, 0.25) is 0 Å². The molecule has 2 amide bonds. The van der Waals surface area contributed by atoms with E-state index in [0.717, 1.165) is 0 Å². The molecule has 0 rings (SSSR count). The topological polar surface area (TPSA) is 133 Å². The molecule has 140 valence electrons. The Bertz CT molecular complexity index is 504. The van der Waals surface area contributed by atoms with E-state index >= 15 is 0 Å². The number of amides is 2. The Hall–Kier alpha value is -1.48. The molecule has 9 heteroatoms. The number of hydrogen-bond acceptors (Lipinski definition) is 4. The van der Waals surface area contributed by atoms with Crippen molar-refractivity contribution in [2.75, 3.05) is 12.3 Å². The van der Waals surface area contributed by atoms with Crippen LogP contribution in [0.25, 0.3) is 0 Å². The Labute approximate surface area is 145 Å². The van der Waals surface area contributed by atoms with Crippen molar-refractivity contribution in [1.29, 1.82) is 0 Å². The summed E-state index contributed by atoms with van der Waals surface area (Å²) < 4.78 is 19.9. The van der Waals surface area contributed by atoms with Gasteiger partial charge in [-0.3, -0.25) is 14.4 Å². The minimum atomic E-state index is -2.03. The molecule has 0 fully saturated rings. The van der Waals surface area contributed by atoms with Crippen LogP contribution in [0.5, 0.6) is 0 Å². The summed E-state index contributed by atoms with van der Waals surface area (Å²) in [7, 11) is 0. The van der Waals surface area contributed by atoms with Crippen LogP contribution in [-0.2, 0) is 25.5 Å². The average molecular weight is 364 g/mol. The second-order valence-electron chi connectivity index (χ2n) is 7.11. The minimum Gasteiger partial charge on any atom is -0.480 e. The molecule has 24 heavy (non-hydrogen) atoms.